The molecule has 2 heterocycles. The molecule has 130 valence electrons. The number of aromatic nitrogens is 3. The second kappa shape index (κ2) is 8.17. The smallest absolute Gasteiger partial charge is 0.162 e. The van der Waals surface area contributed by atoms with Gasteiger partial charge in [0.2, 0.25) is 0 Å². The van der Waals surface area contributed by atoms with E-state index in [9.17, 15) is 0 Å². The molecule has 0 saturated heterocycles. The van der Waals surface area contributed by atoms with Crippen LogP contribution in [0.1, 0.15) is 0 Å². The summed E-state index contributed by atoms with van der Waals surface area (Å²) in [5.74, 6) is 1.48. The Kier molecular flexibility index (Phi) is 5.71. The summed E-state index contributed by atoms with van der Waals surface area (Å²) < 4.78 is 0. The molecule has 0 aliphatic carbocycles. The van der Waals surface area contributed by atoms with Gasteiger partial charge in [-0.2, -0.15) is 0 Å². The number of anilines is 2. The first-order valence-electron chi connectivity index (χ1n) is 7.92. The molecule has 0 saturated carbocycles. The average molecular weight is 381 g/mol. The maximum Gasteiger partial charge on any atom is 0.162 e. The van der Waals surface area contributed by atoms with Crippen molar-refractivity contribution in [3.8, 4) is 11.4 Å². The van der Waals surface area contributed by atoms with Gasteiger partial charge in [0, 0.05) is 33.9 Å². The number of para-hydroxylation sites is 1. The molecule has 4 aromatic rings. The minimum absolute atomic E-state index is 0. The molecular formula is C20H17ClN4S. The van der Waals surface area contributed by atoms with Crippen molar-refractivity contribution in [2.45, 2.75) is 4.90 Å². The lowest BCUT2D eigenvalue weighted by atomic mass is 10.2. The van der Waals surface area contributed by atoms with E-state index in [1.165, 1.54) is 4.90 Å². The normalized spacial score (nSPS) is 10.3. The molecule has 2 aromatic heterocycles. The number of hydrogen-bond acceptors (Lipinski definition) is 5. The Balaban J connectivity index is 0.00000196. The number of hydrogen-bond donors (Lipinski definition) is 1. The molecule has 0 amide bonds. The topological polar surface area (TPSA) is 50.7 Å². The van der Waals surface area contributed by atoms with Crippen LogP contribution in [-0.4, -0.2) is 21.2 Å². The Morgan fingerprint density at radius 3 is 2.31 bits per heavy atom. The molecule has 0 unspecified atom stereocenters. The fourth-order valence-electron chi connectivity index (χ4n) is 2.61. The van der Waals surface area contributed by atoms with Crippen LogP contribution in [0.4, 0.5) is 11.5 Å². The van der Waals surface area contributed by atoms with Gasteiger partial charge < -0.3 is 5.32 Å². The Hall–Kier alpha value is -2.63. The maximum absolute atomic E-state index is 4.75. The molecule has 0 spiro atoms. The zero-order chi connectivity index (χ0) is 17.1. The van der Waals surface area contributed by atoms with Crippen LogP contribution in [0.3, 0.4) is 0 Å². The van der Waals surface area contributed by atoms with E-state index in [4.69, 9.17) is 9.97 Å². The maximum atomic E-state index is 4.75. The summed E-state index contributed by atoms with van der Waals surface area (Å²) in [6.07, 6.45) is 5.58. The minimum atomic E-state index is 0. The zero-order valence-electron chi connectivity index (χ0n) is 14.1. The quantitative estimate of drug-likeness (QED) is 0.468. The fourth-order valence-corrected chi connectivity index (χ4v) is 3.02. The van der Waals surface area contributed by atoms with E-state index in [1.54, 1.807) is 24.2 Å². The second-order valence-corrected chi connectivity index (χ2v) is 6.38. The van der Waals surface area contributed by atoms with Crippen molar-refractivity contribution in [3.63, 3.8) is 0 Å². The summed E-state index contributed by atoms with van der Waals surface area (Å²) in [6, 6.07) is 20.2. The predicted octanol–water partition coefficient (Wildman–Crippen LogP) is 5.58. The molecule has 6 heteroatoms. The minimum Gasteiger partial charge on any atom is -0.340 e. The highest BCUT2D eigenvalue weighted by Crippen LogP contribution is 2.27. The van der Waals surface area contributed by atoms with Gasteiger partial charge in [-0.3, -0.25) is 4.98 Å². The fraction of sp³-hybridized carbons (Fsp3) is 0.0500. The van der Waals surface area contributed by atoms with Crippen molar-refractivity contribution in [1.82, 2.24) is 15.0 Å². The summed E-state index contributed by atoms with van der Waals surface area (Å²) in [6.45, 7) is 0. The van der Waals surface area contributed by atoms with Crippen LogP contribution in [0, 0.1) is 0 Å². The van der Waals surface area contributed by atoms with Gasteiger partial charge in [-0.05, 0) is 54.8 Å². The highest BCUT2D eigenvalue weighted by atomic mass is 35.5. The molecule has 4 nitrogen and oxygen atoms in total. The predicted molar refractivity (Wildman–Crippen MR) is 112 cm³/mol. The Morgan fingerprint density at radius 2 is 1.58 bits per heavy atom. The monoisotopic (exact) mass is 380 g/mol. The van der Waals surface area contributed by atoms with Crippen LogP contribution in [-0.2, 0) is 0 Å². The van der Waals surface area contributed by atoms with Gasteiger partial charge in [-0.25, -0.2) is 9.97 Å². The Bertz CT molecular complexity index is 1010. The van der Waals surface area contributed by atoms with Gasteiger partial charge in [-0.15, -0.1) is 24.2 Å². The third-order valence-corrected chi connectivity index (χ3v) is 4.64. The van der Waals surface area contributed by atoms with Crippen molar-refractivity contribution in [2.24, 2.45) is 0 Å². The van der Waals surface area contributed by atoms with E-state index in [2.05, 4.69) is 40.8 Å². The number of halogens is 1. The SMILES string of the molecule is CSc1ccc(Nc2nc(-c3ccncc3)nc3ccccc23)cc1.Cl. The molecule has 2 aromatic carbocycles. The van der Waals surface area contributed by atoms with Crippen LogP contribution >= 0.6 is 24.2 Å². The van der Waals surface area contributed by atoms with E-state index < -0.39 is 0 Å². The van der Waals surface area contributed by atoms with E-state index in [0.717, 1.165) is 28.0 Å². The van der Waals surface area contributed by atoms with Crippen LogP contribution in [0.2, 0.25) is 0 Å². The molecule has 0 aliphatic heterocycles. The Morgan fingerprint density at radius 1 is 0.846 bits per heavy atom. The molecular weight excluding hydrogens is 364 g/mol. The molecule has 0 radical (unpaired) electrons. The van der Waals surface area contributed by atoms with E-state index in [-0.39, 0.29) is 12.4 Å². The molecule has 0 aliphatic rings. The van der Waals surface area contributed by atoms with Crippen LogP contribution in [0.5, 0.6) is 0 Å². The third kappa shape index (κ3) is 3.79. The highest BCUT2D eigenvalue weighted by molar-refractivity contribution is 7.98. The average Bonchev–Trinajstić information content (AvgIpc) is 2.69. The standard InChI is InChI=1S/C20H16N4S.ClH/c1-25-16-8-6-15(7-9-16)22-20-17-4-2-3-5-18(17)23-19(24-20)14-10-12-21-13-11-14;/h2-13H,1H3,(H,22,23,24);1H. The van der Waals surface area contributed by atoms with Crippen LogP contribution in [0.25, 0.3) is 22.3 Å². The first-order chi connectivity index (χ1) is 12.3. The number of rotatable bonds is 4. The zero-order valence-corrected chi connectivity index (χ0v) is 15.7. The summed E-state index contributed by atoms with van der Waals surface area (Å²) in [7, 11) is 0. The number of nitrogens with one attached hydrogen (secondary N) is 1. The van der Waals surface area contributed by atoms with Crippen molar-refractivity contribution in [2.75, 3.05) is 11.6 Å². The lowest BCUT2D eigenvalue weighted by molar-refractivity contribution is 1.21. The van der Waals surface area contributed by atoms with Crippen molar-refractivity contribution in [3.05, 3.63) is 73.1 Å². The van der Waals surface area contributed by atoms with Crippen molar-refractivity contribution in [1.29, 1.82) is 0 Å². The summed E-state index contributed by atoms with van der Waals surface area (Å²) >= 11 is 1.73. The van der Waals surface area contributed by atoms with E-state index in [1.807, 2.05) is 36.4 Å². The van der Waals surface area contributed by atoms with Crippen molar-refractivity contribution >= 4 is 46.6 Å². The lowest BCUT2D eigenvalue weighted by Gasteiger charge is -2.11. The molecule has 0 bridgehead atoms. The van der Waals surface area contributed by atoms with Crippen LogP contribution in [0.15, 0.2) is 78.0 Å². The third-order valence-electron chi connectivity index (χ3n) is 3.89. The van der Waals surface area contributed by atoms with Crippen molar-refractivity contribution < 1.29 is 0 Å². The second-order valence-electron chi connectivity index (χ2n) is 5.50. The Labute approximate surface area is 162 Å². The number of fused-ring (bicyclic) bond motifs is 1. The van der Waals surface area contributed by atoms with Gasteiger partial charge in [0.1, 0.15) is 5.82 Å². The lowest BCUT2D eigenvalue weighted by Crippen LogP contribution is -1.99. The van der Waals surface area contributed by atoms with Gasteiger partial charge in [0.15, 0.2) is 5.82 Å². The van der Waals surface area contributed by atoms with Gasteiger partial charge >= 0.3 is 0 Å². The number of thioether (sulfide) groups is 1. The summed E-state index contributed by atoms with van der Waals surface area (Å²) in [4.78, 5) is 14.7. The number of pyridine rings is 1. The summed E-state index contributed by atoms with van der Waals surface area (Å²) in [5, 5.41) is 4.43. The molecule has 26 heavy (non-hydrogen) atoms. The van der Waals surface area contributed by atoms with E-state index in [0.29, 0.717) is 5.82 Å². The van der Waals surface area contributed by atoms with Gasteiger partial charge in [-0.1, -0.05) is 12.1 Å². The first kappa shape index (κ1) is 18.2. The molecule has 4 rings (SSSR count). The van der Waals surface area contributed by atoms with Crippen LogP contribution < -0.4 is 5.32 Å². The van der Waals surface area contributed by atoms with Gasteiger partial charge in [0.25, 0.3) is 0 Å². The molecule has 0 fully saturated rings. The highest BCUT2D eigenvalue weighted by Gasteiger charge is 2.09. The van der Waals surface area contributed by atoms with E-state index >= 15 is 0 Å². The molecule has 0 atom stereocenters. The largest absolute Gasteiger partial charge is 0.340 e. The molecule has 1 N–H and O–H groups in total. The first-order valence-corrected chi connectivity index (χ1v) is 9.14. The number of nitrogens with zero attached hydrogens (tertiary/aromatic N) is 3. The number of benzene rings is 2. The van der Waals surface area contributed by atoms with Gasteiger partial charge in [0.05, 0.1) is 5.52 Å². The summed E-state index contributed by atoms with van der Waals surface area (Å²) in [5.41, 5.74) is 2.86.